The van der Waals surface area contributed by atoms with Gasteiger partial charge in [0.15, 0.2) is 0 Å². The molecule has 2 nitrogen and oxygen atoms in total. The first-order valence-corrected chi connectivity index (χ1v) is 6.19. The predicted molar refractivity (Wildman–Crippen MR) is 70.6 cm³/mol. The van der Waals surface area contributed by atoms with Crippen molar-refractivity contribution in [3.05, 3.63) is 65.5 Å². The molecule has 0 aliphatic heterocycles. The third-order valence-corrected chi connectivity index (χ3v) is 3.02. The number of hydrogen-bond donors (Lipinski definition) is 1. The van der Waals surface area contributed by atoms with Gasteiger partial charge in [0.2, 0.25) is 0 Å². The number of nitrogens with one attached hydrogen (secondary N) is 1. The van der Waals surface area contributed by atoms with Crippen LogP contribution >= 0.6 is 0 Å². The van der Waals surface area contributed by atoms with Gasteiger partial charge in [-0.3, -0.25) is 4.98 Å². The van der Waals surface area contributed by atoms with Crippen LogP contribution in [-0.2, 0) is 0 Å². The molecule has 0 spiro atoms. The largest absolute Gasteiger partial charge is 0.302 e. The summed E-state index contributed by atoms with van der Waals surface area (Å²) >= 11 is 0. The molecular weight excluding hydrogens is 246 g/mol. The lowest BCUT2D eigenvalue weighted by Gasteiger charge is -2.20. The molecule has 0 saturated carbocycles. The zero-order valence-electron chi connectivity index (χ0n) is 10.9. The zero-order valence-corrected chi connectivity index (χ0v) is 10.9. The molecule has 0 amide bonds. The molecule has 0 saturated heterocycles. The average molecular weight is 262 g/mol. The highest BCUT2D eigenvalue weighted by Crippen LogP contribution is 2.19. The minimum Gasteiger partial charge on any atom is -0.302 e. The highest BCUT2D eigenvalue weighted by atomic mass is 19.1. The summed E-state index contributed by atoms with van der Waals surface area (Å²) in [5.74, 6) is -1.12. The van der Waals surface area contributed by atoms with Gasteiger partial charge in [0.25, 0.3) is 0 Å². The SMILES string of the molecule is CC(N[C@H](C)c1ccccn1)c1cc(F)cc(F)c1. The van der Waals surface area contributed by atoms with E-state index in [1.807, 2.05) is 32.0 Å². The molecule has 1 heterocycles. The van der Waals surface area contributed by atoms with Crippen molar-refractivity contribution in [1.29, 1.82) is 0 Å². The second-order valence-corrected chi connectivity index (χ2v) is 4.57. The number of pyridine rings is 1. The minimum absolute atomic E-state index is 0.00234. The number of nitrogens with zero attached hydrogens (tertiary/aromatic N) is 1. The molecular formula is C15H16F2N2. The molecule has 1 aromatic carbocycles. The highest BCUT2D eigenvalue weighted by molar-refractivity contribution is 5.21. The molecule has 0 aliphatic rings. The molecule has 19 heavy (non-hydrogen) atoms. The Morgan fingerprint density at radius 2 is 1.68 bits per heavy atom. The van der Waals surface area contributed by atoms with Crippen molar-refractivity contribution < 1.29 is 8.78 Å². The number of benzene rings is 1. The van der Waals surface area contributed by atoms with Gasteiger partial charge in [-0.2, -0.15) is 0 Å². The molecule has 1 aromatic heterocycles. The van der Waals surface area contributed by atoms with Gasteiger partial charge in [0.1, 0.15) is 11.6 Å². The Labute approximate surface area is 111 Å². The maximum Gasteiger partial charge on any atom is 0.126 e. The van der Waals surface area contributed by atoms with E-state index >= 15 is 0 Å². The first kappa shape index (κ1) is 13.6. The van der Waals surface area contributed by atoms with E-state index in [-0.39, 0.29) is 12.1 Å². The fraction of sp³-hybridized carbons (Fsp3) is 0.267. The van der Waals surface area contributed by atoms with Crippen LogP contribution in [0.4, 0.5) is 8.78 Å². The van der Waals surface area contributed by atoms with E-state index in [2.05, 4.69) is 10.3 Å². The molecule has 0 bridgehead atoms. The Kier molecular flexibility index (Phi) is 4.22. The Bertz CT molecular complexity index is 523. The van der Waals surface area contributed by atoms with E-state index in [1.165, 1.54) is 12.1 Å². The van der Waals surface area contributed by atoms with Gasteiger partial charge in [-0.15, -0.1) is 0 Å². The molecule has 0 aliphatic carbocycles. The second kappa shape index (κ2) is 5.89. The van der Waals surface area contributed by atoms with Gasteiger partial charge < -0.3 is 5.32 Å². The van der Waals surface area contributed by atoms with Crippen molar-refractivity contribution in [2.75, 3.05) is 0 Å². The summed E-state index contributed by atoms with van der Waals surface area (Å²) in [4.78, 5) is 4.25. The van der Waals surface area contributed by atoms with Crippen LogP contribution in [0.25, 0.3) is 0 Å². The lowest BCUT2D eigenvalue weighted by atomic mass is 10.1. The third kappa shape index (κ3) is 3.58. The first-order chi connectivity index (χ1) is 9.06. The summed E-state index contributed by atoms with van der Waals surface area (Å²) in [6.45, 7) is 3.84. The van der Waals surface area contributed by atoms with Crippen LogP contribution in [0.15, 0.2) is 42.6 Å². The standard InChI is InChI=1S/C15H16F2N2/c1-10(12-7-13(16)9-14(17)8-12)19-11(2)15-5-3-4-6-18-15/h3-11,19H,1-2H3/t10?,11-/m1/s1. The second-order valence-electron chi connectivity index (χ2n) is 4.57. The van der Waals surface area contributed by atoms with Gasteiger partial charge in [0, 0.05) is 24.3 Å². The van der Waals surface area contributed by atoms with Crippen molar-refractivity contribution in [2.45, 2.75) is 25.9 Å². The van der Waals surface area contributed by atoms with Crippen LogP contribution in [0.2, 0.25) is 0 Å². The van der Waals surface area contributed by atoms with Crippen LogP contribution in [0, 0.1) is 11.6 Å². The Morgan fingerprint density at radius 3 is 2.26 bits per heavy atom. The maximum absolute atomic E-state index is 13.2. The summed E-state index contributed by atoms with van der Waals surface area (Å²) in [6, 6.07) is 9.06. The third-order valence-electron chi connectivity index (χ3n) is 3.02. The van der Waals surface area contributed by atoms with Gasteiger partial charge in [-0.05, 0) is 43.7 Å². The Hall–Kier alpha value is -1.81. The molecule has 100 valence electrons. The lowest BCUT2D eigenvalue weighted by molar-refractivity contribution is 0.480. The molecule has 1 unspecified atom stereocenters. The van der Waals surface area contributed by atoms with Crippen molar-refractivity contribution in [3.63, 3.8) is 0 Å². The van der Waals surface area contributed by atoms with Crippen LogP contribution in [0.1, 0.15) is 37.2 Å². The summed E-state index contributed by atoms with van der Waals surface area (Å²) in [6.07, 6.45) is 1.72. The number of aromatic nitrogens is 1. The Morgan fingerprint density at radius 1 is 1.00 bits per heavy atom. The first-order valence-electron chi connectivity index (χ1n) is 6.19. The van der Waals surface area contributed by atoms with E-state index in [4.69, 9.17) is 0 Å². The predicted octanol–water partition coefficient (Wildman–Crippen LogP) is 3.77. The van der Waals surface area contributed by atoms with Gasteiger partial charge in [-0.25, -0.2) is 8.78 Å². The van der Waals surface area contributed by atoms with Gasteiger partial charge in [0.05, 0.1) is 5.69 Å². The Balaban J connectivity index is 2.10. The molecule has 2 atom stereocenters. The minimum atomic E-state index is -0.561. The van der Waals surface area contributed by atoms with Crippen molar-refractivity contribution in [3.8, 4) is 0 Å². The van der Waals surface area contributed by atoms with Gasteiger partial charge in [-0.1, -0.05) is 6.07 Å². The fourth-order valence-corrected chi connectivity index (χ4v) is 2.01. The fourth-order valence-electron chi connectivity index (χ4n) is 2.01. The topological polar surface area (TPSA) is 24.9 Å². The quantitative estimate of drug-likeness (QED) is 0.907. The number of rotatable bonds is 4. The number of halogens is 2. The van der Waals surface area contributed by atoms with Crippen molar-refractivity contribution in [1.82, 2.24) is 10.3 Å². The van der Waals surface area contributed by atoms with E-state index in [0.717, 1.165) is 11.8 Å². The van der Waals surface area contributed by atoms with E-state index in [0.29, 0.717) is 5.56 Å². The molecule has 4 heteroatoms. The number of hydrogen-bond acceptors (Lipinski definition) is 2. The summed E-state index contributed by atoms with van der Waals surface area (Å²) < 4.78 is 26.3. The maximum atomic E-state index is 13.2. The van der Waals surface area contributed by atoms with E-state index < -0.39 is 11.6 Å². The molecule has 0 radical (unpaired) electrons. The van der Waals surface area contributed by atoms with Crippen LogP contribution in [-0.4, -0.2) is 4.98 Å². The summed E-state index contributed by atoms with van der Waals surface area (Å²) in [5, 5.41) is 3.27. The van der Waals surface area contributed by atoms with E-state index in [1.54, 1.807) is 6.20 Å². The van der Waals surface area contributed by atoms with Crippen LogP contribution in [0.3, 0.4) is 0 Å². The monoisotopic (exact) mass is 262 g/mol. The molecule has 2 rings (SSSR count). The van der Waals surface area contributed by atoms with Crippen LogP contribution in [0.5, 0.6) is 0 Å². The van der Waals surface area contributed by atoms with Crippen molar-refractivity contribution in [2.24, 2.45) is 0 Å². The summed E-state index contributed by atoms with van der Waals surface area (Å²) in [7, 11) is 0. The summed E-state index contributed by atoms with van der Waals surface area (Å²) in [5.41, 5.74) is 1.48. The lowest BCUT2D eigenvalue weighted by Crippen LogP contribution is -2.23. The zero-order chi connectivity index (χ0) is 13.8. The van der Waals surface area contributed by atoms with Crippen LogP contribution < -0.4 is 5.32 Å². The molecule has 0 fully saturated rings. The van der Waals surface area contributed by atoms with E-state index in [9.17, 15) is 8.78 Å². The van der Waals surface area contributed by atoms with Gasteiger partial charge >= 0.3 is 0 Å². The highest BCUT2D eigenvalue weighted by Gasteiger charge is 2.13. The normalized spacial score (nSPS) is 14.1. The smallest absolute Gasteiger partial charge is 0.126 e. The average Bonchev–Trinajstić information content (AvgIpc) is 2.38. The van der Waals surface area contributed by atoms with Crippen molar-refractivity contribution >= 4 is 0 Å². The molecule has 1 N–H and O–H groups in total. The molecule has 2 aromatic rings.